The van der Waals surface area contributed by atoms with E-state index in [2.05, 4.69) is 10.2 Å². The van der Waals surface area contributed by atoms with Crippen LogP contribution in [0.15, 0.2) is 77.7 Å². The van der Waals surface area contributed by atoms with Crippen LogP contribution in [-0.2, 0) is 21.0 Å². The molecule has 1 amide bonds. The van der Waals surface area contributed by atoms with Crippen LogP contribution >= 0.6 is 0 Å². The molecule has 1 atom stereocenters. The van der Waals surface area contributed by atoms with E-state index in [1.807, 2.05) is 24.3 Å². The van der Waals surface area contributed by atoms with Crippen molar-refractivity contribution in [1.29, 1.82) is 0 Å². The Labute approximate surface area is 227 Å². The van der Waals surface area contributed by atoms with Gasteiger partial charge in [0.25, 0.3) is 10.0 Å². The Bertz CT molecular complexity index is 1390. The lowest BCUT2D eigenvalue weighted by atomic mass is 10.1. The molecule has 1 aliphatic heterocycles. The average Bonchev–Trinajstić information content (AvgIpc) is 2.92. The first-order chi connectivity index (χ1) is 18.4. The van der Waals surface area contributed by atoms with E-state index in [0.717, 1.165) is 60.9 Å². The van der Waals surface area contributed by atoms with E-state index < -0.39 is 40.3 Å². The van der Waals surface area contributed by atoms with Crippen LogP contribution in [0.1, 0.15) is 48.9 Å². The number of carbonyl (C=O) groups is 1. The lowest BCUT2D eigenvalue weighted by Gasteiger charge is -2.29. The van der Waals surface area contributed by atoms with E-state index in [1.54, 1.807) is 26.0 Å². The van der Waals surface area contributed by atoms with Crippen molar-refractivity contribution in [2.24, 2.45) is 0 Å². The molecule has 0 spiro atoms. The smallest absolute Gasteiger partial charge is 0.372 e. The summed E-state index contributed by atoms with van der Waals surface area (Å²) in [6, 6.07) is 17.3. The van der Waals surface area contributed by atoms with Gasteiger partial charge in [-0.1, -0.05) is 35.9 Å². The molecule has 4 rings (SSSR count). The van der Waals surface area contributed by atoms with Gasteiger partial charge in [-0.15, -0.1) is 0 Å². The number of nitrogens with zero attached hydrogens (tertiary/aromatic N) is 2. The molecular formula is C29H32F3N3O3S. The summed E-state index contributed by atoms with van der Waals surface area (Å²) in [5.41, 5.74) is 1.50. The molecule has 208 valence electrons. The predicted octanol–water partition coefficient (Wildman–Crippen LogP) is 6.08. The van der Waals surface area contributed by atoms with E-state index in [4.69, 9.17) is 0 Å². The standard InChI is InChI=1S/C29H32F3N3O3S/c1-21-9-15-27(16-10-21)39(37,38)35(26-8-6-7-24(19-26)29(30,31)32)20-28(36)33-22(2)23-11-13-25(14-12-23)34-17-4-3-5-18-34/h6-16,19,22H,3-5,17-18,20H2,1-2H3,(H,33,36). The van der Waals surface area contributed by atoms with Crippen molar-refractivity contribution in [3.63, 3.8) is 0 Å². The van der Waals surface area contributed by atoms with Crippen molar-refractivity contribution in [3.8, 4) is 0 Å². The van der Waals surface area contributed by atoms with Crippen molar-refractivity contribution in [1.82, 2.24) is 5.32 Å². The lowest BCUT2D eigenvalue weighted by molar-refractivity contribution is -0.137. The number of sulfonamides is 1. The van der Waals surface area contributed by atoms with E-state index in [0.29, 0.717) is 4.31 Å². The summed E-state index contributed by atoms with van der Waals surface area (Å²) in [4.78, 5) is 15.3. The van der Waals surface area contributed by atoms with Crippen molar-refractivity contribution in [2.75, 3.05) is 28.8 Å². The molecule has 0 aromatic heterocycles. The molecule has 10 heteroatoms. The van der Waals surface area contributed by atoms with E-state index in [1.165, 1.54) is 24.6 Å². The predicted molar refractivity (Wildman–Crippen MR) is 146 cm³/mol. The monoisotopic (exact) mass is 559 g/mol. The molecular weight excluding hydrogens is 527 g/mol. The fourth-order valence-electron chi connectivity index (χ4n) is 4.62. The number of rotatable bonds is 8. The van der Waals surface area contributed by atoms with Gasteiger partial charge in [0.15, 0.2) is 0 Å². The van der Waals surface area contributed by atoms with Gasteiger partial charge in [-0.25, -0.2) is 8.42 Å². The highest BCUT2D eigenvalue weighted by Crippen LogP contribution is 2.33. The van der Waals surface area contributed by atoms with Crippen LogP contribution in [0.25, 0.3) is 0 Å². The number of alkyl halides is 3. The molecule has 3 aromatic rings. The third-order valence-electron chi connectivity index (χ3n) is 6.85. The second kappa shape index (κ2) is 11.7. The summed E-state index contributed by atoms with van der Waals surface area (Å²) < 4.78 is 68.0. The second-order valence-corrected chi connectivity index (χ2v) is 11.7. The zero-order chi connectivity index (χ0) is 28.2. The molecule has 1 fully saturated rings. The fourth-order valence-corrected chi connectivity index (χ4v) is 6.03. The maximum Gasteiger partial charge on any atom is 0.416 e. The lowest BCUT2D eigenvalue weighted by Crippen LogP contribution is -2.41. The van der Waals surface area contributed by atoms with Gasteiger partial charge in [-0.05, 0) is 81.1 Å². The summed E-state index contributed by atoms with van der Waals surface area (Å²) in [6.07, 6.45) is -1.13. The number of halogens is 3. The quantitative estimate of drug-likeness (QED) is 0.363. The Morgan fingerprint density at radius 3 is 2.23 bits per heavy atom. The van der Waals surface area contributed by atoms with E-state index in [9.17, 15) is 26.4 Å². The molecule has 1 heterocycles. The Hall–Kier alpha value is -3.53. The highest BCUT2D eigenvalue weighted by Gasteiger charge is 2.33. The van der Waals surface area contributed by atoms with Crippen LogP contribution < -0.4 is 14.5 Å². The third-order valence-corrected chi connectivity index (χ3v) is 8.64. The first kappa shape index (κ1) is 28.5. The van der Waals surface area contributed by atoms with Crippen LogP contribution in [0.4, 0.5) is 24.5 Å². The van der Waals surface area contributed by atoms with Gasteiger partial charge in [0.1, 0.15) is 6.54 Å². The van der Waals surface area contributed by atoms with E-state index >= 15 is 0 Å². The Balaban J connectivity index is 1.56. The number of piperidine rings is 1. The number of nitrogens with one attached hydrogen (secondary N) is 1. The first-order valence-electron chi connectivity index (χ1n) is 12.9. The molecule has 6 nitrogen and oxygen atoms in total. The number of hydrogen-bond acceptors (Lipinski definition) is 4. The topological polar surface area (TPSA) is 69.7 Å². The third kappa shape index (κ3) is 6.92. The van der Waals surface area contributed by atoms with Gasteiger partial charge in [-0.2, -0.15) is 13.2 Å². The zero-order valence-corrected chi connectivity index (χ0v) is 22.7. The number of anilines is 2. The number of amides is 1. The molecule has 39 heavy (non-hydrogen) atoms. The summed E-state index contributed by atoms with van der Waals surface area (Å²) >= 11 is 0. The number of hydrogen-bond donors (Lipinski definition) is 1. The Morgan fingerprint density at radius 2 is 1.62 bits per heavy atom. The zero-order valence-electron chi connectivity index (χ0n) is 21.9. The molecule has 1 N–H and O–H groups in total. The van der Waals surface area contributed by atoms with Crippen molar-refractivity contribution < 1.29 is 26.4 Å². The molecule has 3 aromatic carbocycles. The maximum atomic E-state index is 13.5. The summed E-state index contributed by atoms with van der Waals surface area (Å²) in [5.74, 6) is -0.643. The summed E-state index contributed by atoms with van der Waals surface area (Å²) in [6.45, 7) is 4.89. The number of benzene rings is 3. The highest BCUT2D eigenvalue weighted by molar-refractivity contribution is 7.92. The SMILES string of the molecule is Cc1ccc(S(=O)(=O)N(CC(=O)NC(C)c2ccc(N3CCCCC3)cc2)c2cccc(C(F)(F)F)c2)cc1. The van der Waals surface area contributed by atoms with E-state index in [-0.39, 0.29) is 10.6 Å². The van der Waals surface area contributed by atoms with Crippen molar-refractivity contribution >= 4 is 27.3 Å². The van der Waals surface area contributed by atoms with Crippen LogP contribution in [0.3, 0.4) is 0 Å². The fraction of sp³-hybridized carbons (Fsp3) is 0.345. The number of aryl methyl sites for hydroxylation is 1. The first-order valence-corrected chi connectivity index (χ1v) is 14.3. The van der Waals surface area contributed by atoms with Crippen LogP contribution in [0.5, 0.6) is 0 Å². The molecule has 1 unspecified atom stereocenters. The van der Waals surface area contributed by atoms with Crippen molar-refractivity contribution in [2.45, 2.75) is 50.2 Å². The second-order valence-electron chi connectivity index (χ2n) is 9.80. The molecule has 0 radical (unpaired) electrons. The van der Waals surface area contributed by atoms with Gasteiger partial charge in [-0.3, -0.25) is 9.10 Å². The van der Waals surface area contributed by atoms with Crippen LogP contribution in [-0.4, -0.2) is 34.0 Å². The van der Waals surface area contributed by atoms with Gasteiger partial charge < -0.3 is 10.2 Å². The molecule has 1 saturated heterocycles. The largest absolute Gasteiger partial charge is 0.416 e. The van der Waals surface area contributed by atoms with Gasteiger partial charge >= 0.3 is 6.18 Å². The summed E-state index contributed by atoms with van der Waals surface area (Å²) in [7, 11) is -4.35. The number of carbonyl (C=O) groups excluding carboxylic acids is 1. The highest BCUT2D eigenvalue weighted by atomic mass is 32.2. The van der Waals surface area contributed by atoms with Crippen molar-refractivity contribution in [3.05, 3.63) is 89.5 Å². The minimum atomic E-state index is -4.67. The summed E-state index contributed by atoms with van der Waals surface area (Å²) in [5, 5.41) is 2.79. The van der Waals surface area contributed by atoms with Crippen LogP contribution in [0.2, 0.25) is 0 Å². The van der Waals surface area contributed by atoms with Crippen LogP contribution in [0, 0.1) is 6.92 Å². The Kier molecular flexibility index (Phi) is 8.54. The van der Waals surface area contributed by atoms with Gasteiger partial charge in [0.2, 0.25) is 5.91 Å². The van der Waals surface area contributed by atoms with Gasteiger partial charge in [0, 0.05) is 18.8 Å². The molecule has 0 bridgehead atoms. The van der Waals surface area contributed by atoms with Gasteiger partial charge in [0.05, 0.1) is 22.2 Å². The molecule has 0 aliphatic carbocycles. The maximum absolute atomic E-state index is 13.5. The Morgan fingerprint density at radius 1 is 0.974 bits per heavy atom. The average molecular weight is 560 g/mol. The molecule has 0 saturated carbocycles. The minimum Gasteiger partial charge on any atom is -0.372 e. The minimum absolute atomic E-state index is 0.125. The normalized spacial score (nSPS) is 15.1. The molecule has 1 aliphatic rings.